The molecular formula is C19H24N4O2. The second-order valence-corrected chi connectivity index (χ2v) is 6.73. The predicted molar refractivity (Wildman–Crippen MR) is 96.8 cm³/mol. The number of aliphatic hydroxyl groups excluding tert-OH is 1. The van der Waals surface area contributed by atoms with E-state index in [0.717, 1.165) is 48.4 Å². The number of aromatic nitrogens is 3. The van der Waals surface area contributed by atoms with Gasteiger partial charge in [0.2, 0.25) is 0 Å². The summed E-state index contributed by atoms with van der Waals surface area (Å²) in [6.45, 7) is 2.87. The number of imidazole rings is 1. The second-order valence-electron chi connectivity index (χ2n) is 6.73. The van der Waals surface area contributed by atoms with Gasteiger partial charge in [0.15, 0.2) is 0 Å². The van der Waals surface area contributed by atoms with E-state index in [0.29, 0.717) is 19.1 Å². The van der Waals surface area contributed by atoms with Gasteiger partial charge in [-0.25, -0.2) is 4.98 Å². The number of hydrogen-bond acceptors (Lipinski definition) is 4. The molecule has 0 saturated carbocycles. The molecule has 2 unspecified atom stereocenters. The van der Waals surface area contributed by atoms with Crippen molar-refractivity contribution in [2.45, 2.75) is 24.9 Å². The van der Waals surface area contributed by atoms with Crippen molar-refractivity contribution in [3.05, 3.63) is 48.7 Å². The van der Waals surface area contributed by atoms with Crippen LogP contribution in [0.1, 0.15) is 24.6 Å². The van der Waals surface area contributed by atoms with Crippen molar-refractivity contribution >= 4 is 10.9 Å². The van der Waals surface area contributed by atoms with Gasteiger partial charge < -0.3 is 19.8 Å². The van der Waals surface area contributed by atoms with Gasteiger partial charge in [0.1, 0.15) is 24.3 Å². The van der Waals surface area contributed by atoms with Crippen LogP contribution in [0.15, 0.2) is 42.9 Å². The van der Waals surface area contributed by atoms with Crippen LogP contribution in [0.3, 0.4) is 0 Å². The summed E-state index contributed by atoms with van der Waals surface area (Å²) in [5.74, 6) is 2.28. The second kappa shape index (κ2) is 7.29. The molecule has 0 spiro atoms. The Morgan fingerprint density at radius 3 is 3.12 bits per heavy atom. The smallest absolute Gasteiger partial charge is 0.128 e. The fourth-order valence-electron chi connectivity index (χ4n) is 3.66. The molecule has 0 aliphatic carbocycles. The number of aliphatic hydroxyl groups is 1. The average Bonchev–Trinajstić information content (AvgIpc) is 3.31. The molecule has 0 bridgehead atoms. The first-order valence-corrected chi connectivity index (χ1v) is 8.88. The fourth-order valence-corrected chi connectivity index (χ4v) is 3.66. The highest BCUT2D eigenvalue weighted by Gasteiger charge is 2.24. The van der Waals surface area contributed by atoms with Crippen LogP contribution >= 0.6 is 0 Å². The number of hydrogen-bond donors (Lipinski definition) is 3. The summed E-state index contributed by atoms with van der Waals surface area (Å²) < 4.78 is 5.86. The van der Waals surface area contributed by atoms with Gasteiger partial charge in [-0.3, -0.25) is 4.90 Å². The molecule has 2 aromatic heterocycles. The zero-order valence-electron chi connectivity index (χ0n) is 14.2. The van der Waals surface area contributed by atoms with Crippen molar-refractivity contribution in [2.75, 3.05) is 26.2 Å². The van der Waals surface area contributed by atoms with Crippen LogP contribution in [-0.2, 0) is 0 Å². The Morgan fingerprint density at radius 2 is 2.24 bits per heavy atom. The molecule has 1 saturated heterocycles. The molecule has 25 heavy (non-hydrogen) atoms. The first kappa shape index (κ1) is 16.2. The number of rotatable bonds is 6. The standard InChI is InChI=1S/C19H24N4O2/c24-15(13-25-18-5-1-4-17-16(18)6-7-20-17)12-23-10-2-3-14(11-23)19-21-8-9-22-19/h1,4-9,14-15,20,24H,2-3,10-13H2,(H,21,22). The van der Waals surface area contributed by atoms with Gasteiger partial charge in [-0.05, 0) is 37.6 Å². The van der Waals surface area contributed by atoms with Crippen molar-refractivity contribution in [3.63, 3.8) is 0 Å². The van der Waals surface area contributed by atoms with Gasteiger partial charge in [-0.15, -0.1) is 0 Å². The van der Waals surface area contributed by atoms with Crippen molar-refractivity contribution in [2.24, 2.45) is 0 Å². The molecule has 3 aromatic rings. The number of nitrogens with zero attached hydrogens (tertiary/aromatic N) is 2. The Hall–Kier alpha value is -2.31. The molecule has 0 amide bonds. The molecule has 6 heteroatoms. The van der Waals surface area contributed by atoms with Gasteiger partial charge >= 0.3 is 0 Å². The lowest BCUT2D eigenvalue weighted by molar-refractivity contribution is 0.0583. The van der Waals surface area contributed by atoms with Crippen LogP contribution in [0.25, 0.3) is 10.9 Å². The molecule has 1 aliphatic heterocycles. The number of aromatic amines is 2. The van der Waals surface area contributed by atoms with Gasteiger partial charge in [-0.2, -0.15) is 0 Å². The summed E-state index contributed by atoms with van der Waals surface area (Å²) >= 11 is 0. The lowest BCUT2D eigenvalue weighted by atomic mass is 9.97. The molecule has 132 valence electrons. The molecule has 0 radical (unpaired) electrons. The first-order valence-electron chi connectivity index (χ1n) is 8.88. The average molecular weight is 340 g/mol. The van der Waals surface area contributed by atoms with E-state index in [2.05, 4.69) is 19.9 Å². The molecule has 2 atom stereocenters. The summed E-state index contributed by atoms with van der Waals surface area (Å²) in [6.07, 6.45) is 7.34. The summed E-state index contributed by atoms with van der Waals surface area (Å²) in [5.41, 5.74) is 1.05. The van der Waals surface area contributed by atoms with Crippen molar-refractivity contribution < 1.29 is 9.84 Å². The molecule has 1 fully saturated rings. The zero-order chi connectivity index (χ0) is 17.1. The number of fused-ring (bicyclic) bond motifs is 1. The maximum absolute atomic E-state index is 10.4. The van der Waals surface area contributed by atoms with E-state index in [1.54, 1.807) is 6.20 Å². The monoisotopic (exact) mass is 340 g/mol. The van der Waals surface area contributed by atoms with E-state index in [-0.39, 0.29) is 0 Å². The van der Waals surface area contributed by atoms with Crippen LogP contribution in [0.2, 0.25) is 0 Å². The lowest BCUT2D eigenvalue weighted by Crippen LogP contribution is -2.41. The number of piperidine rings is 1. The van der Waals surface area contributed by atoms with Crippen LogP contribution in [-0.4, -0.2) is 57.3 Å². The Balaban J connectivity index is 1.31. The van der Waals surface area contributed by atoms with Crippen LogP contribution in [0, 0.1) is 0 Å². The third-order valence-electron chi connectivity index (χ3n) is 4.87. The van der Waals surface area contributed by atoms with Crippen molar-refractivity contribution in [1.29, 1.82) is 0 Å². The van der Waals surface area contributed by atoms with Gasteiger partial charge in [0.25, 0.3) is 0 Å². The number of benzene rings is 1. The predicted octanol–water partition coefficient (Wildman–Crippen LogP) is 2.51. The molecule has 3 N–H and O–H groups in total. The van der Waals surface area contributed by atoms with E-state index < -0.39 is 6.10 Å². The van der Waals surface area contributed by atoms with Gasteiger partial charge in [-0.1, -0.05) is 6.07 Å². The summed E-state index contributed by atoms with van der Waals surface area (Å²) in [5, 5.41) is 11.5. The third kappa shape index (κ3) is 3.70. The largest absolute Gasteiger partial charge is 0.490 e. The minimum atomic E-state index is -0.510. The lowest BCUT2D eigenvalue weighted by Gasteiger charge is -2.33. The fraction of sp³-hybridized carbons (Fsp3) is 0.421. The molecule has 6 nitrogen and oxygen atoms in total. The first-order chi connectivity index (χ1) is 12.3. The van der Waals surface area contributed by atoms with E-state index >= 15 is 0 Å². The van der Waals surface area contributed by atoms with E-state index in [1.165, 1.54) is 0 Å². The third-order valence-corrected chi connectivity index (χ3v) is 4.87. The van der Waals surface area contributed by atoms with Gasteiger partial charge in [0.05, 0.1) is 0 Å². The summed E-state index contributed by atoms with van der Waals surface area (Å²) in [6, 6.07) is 7.91. The molecule has 1 aromatic carbocycles. The number of likely N-dealkylation sites (tertiary alicyclic amines) is 1. The van der Waals surface area contributed by atoms with Crippen LogP contribution < -0.4 is 4.74 Å². The van der Waals surface area contributed by atoms with E-state index in [9.17, 15) is 5.11 Å². The molecule has 4 rings (SSSR count). The number of β-amino-alcohol motifs (C(OH)–C–C–N with tert-alkyl or cyclic N) is 1. The van der Waals surface area contributed by atoms with Crippen molar-refractivity contribution in [1.82, 2.24) is 19.9 Å². The number of nitrogens with one attached hydrogen (secondary N) is 2. The molecule has 3 heterocycles. The Bertz CT molecular complexity index is 799. The maximum atomic E-state index is 10.4. The maximum Gasteiger partial charge on any atom is 0.128 e. The SMILES string of the molecule is OC(COc1cccc2[nH]ccc12)CN1CCCC(c2ncc[nH]2)C1. The number of H-pyrrole nitrogens is 2. The quantitative estimate of drug-likeness (QED) is 0.644. The van der Waals surface area contributed by atoms with E-state index in [1.807, 2.05) is 36.7 Å². The highest BCUT2D eigenvalue weighted by molar-refractivity contribution is 5.85. The van der Waals surface area contributed by atoms with Crippen LogP contribution in [0.4, 0.5) is 0 Å². The normalized spacial score (nSPS) is 20.0. The van der Waals surface area contributed by atoms with Crippen LogP contribution in [0.5, 0.6) is 5.75 Å². The highest BCUT2D eigenvalue weighted by atomic mass is 16.5. The Labute approximate surface area is 146 Å². The Morgan fingerprint density at radius 1 is 1.28 bits per heavy atom. The van der Waals surface area contributed by atoms with Crippen molar-refractivity contribution in [3.8, 4) is 5.75 Å². The minimum Gasteiger partial charge on any atom is -0.490 e. The molecule has 1 aliphatic rings. The van der Waals surface area contributed by atoms with E-state index in [4.69, 9.17) is 4.74 Å². The summed E-state index contributed by atoms with van der Waals surface area (Å²) in [7, 11) is 0. The zero-order valence-corrected chi connectivity index (χ0v) is 14.2. The summed E-state index contributed by atoms with van der Waals surface area (Å²) in [4.78, 5) is 13.1. The Kier molecular flexibility index (Phi) is 4.72. The number of ether oxygens (including phenoxy) is 1. The van der Waals surface area contributed by atoms with Gasteiger partial charge in [0, 0.05) is 48.5 Å². The highest BCUT2D eigenvalue weighted by Crippen LogP contribution is 2.26. The molecular weight excluding hydrogens is 316 g/mol. The topological polar surface area (TPSA) is 77.2 Å². The minimum absolute atomic E-state index is 0.298.